The highest BCUT2D eigenvalue weighted by Crippen LogP contribution is 2.38. The molecule has 0 bridgehead atoms. The summed E-state index contributed by atoms with van der Waals surface area (Å²) in [6, 6.07) is 8.60. The Morgan fingerprint density at radius 1 is 1.14 bits per heavy atom. The van der Waals surface area contributed by atoms with Crippen LogP contribution in [-0.2, 0) is 30.7 Å². The number of likely N-dealkylation sites (tertiary alicyclic amines) is 1. The molecule has 0 saturated carbocycles. The van der Waals surface area contributed by atoms with Crippen LogP contribution in [0.3, 0.4) is 0 Å². The number of benzene rings is 1. The molecule has 1 aromatic carbocycles. The van der Waals surface area contributed by atoms with Crippen LogP contribution in [0.25, 0.3) is 0 Å². The molecule has 1 unspecified atom stereocenters. The Morgan fingerprint density at radius 3 is 2.75 bits per heavy atom. The number of hydrogen-bond donors (Lipinski definition) is 1. The first kappa shape index (κ1) is 17.9. The van der Waals surface area contributed by atoms with Crippen LogP contribution in [0.5, 0.6) is 0 Å². The fourth-order valence-electron chi connectivity index (χ4n) is 5.21. The molecule has 1 N–H and O–H groups in total. The highest BCUT2D eigenvalue weighted by Gasteiger charge is 2.40. The molecule has 0 spiro atoms. The van der Waals surface area contributed by atoms with Crippen molar-refractivity contribution in [2.45, 2.75) is 58.0 Å². The van der Waals surface area contributed by atoms with E-state index < -0.39 is 0 Å². The van der Waals surface area contributed by atoms with Crippen molar-refractivity contribution in [3.63, 3.8) is 0 Å². The second-order valence-electron chi connectivity index (χ2n) is 8.88. The van der Waals surface area contributed by atoms with Gasteiger partial charge in [-0.15, -0.1) is 10.2 Å². The summed E-state index contributed by atoms with van der Waals surface area (Å²) in [6.45, 7) is 6.58. The van der Waals surface area contributed by atoms with Gasteiger partial charge in [-0.25, -0.2) is 0 Å². The van der Waals surface area contributed by atoms with E-state index in [0.717, 1.165) is 76.5 Å². The maximum absolute atomic E-state index is 13.4. The van der Waals surface area contributed by atoms with Gasteiger partial charge in [-0.1, -0.05) is 31.2 Å². The molecule has 1 aromatic heterocycles. The second kappa shape index (κ2) is 6.99. The average Bonchev–Trinajstić information content (AvgIpc) is 3.17. The van der Waals surface area contributed by atoms with Crippen molar-refractivity contribution in [2.24, 2.45) is 5.41 Å². The number of fused-ring (bicyclic) bond motifs is 2. The summed E-state index contributed by atoms with van der Waals surface area (Å²) in [6.07, 6.45) is 4.81. The molecule has 1 amide bonds. The molecular formula is C22H29N5O. The van der Waals surface area contributed by atoms with Crippen LogP contribution in [-0.4, -0.2) is 45.2 Å². The summed E-state index contributed by atoms with van der Waals surface area (Å²) in [7, 11) is 0. The third kappa shape index (κ3) is 3.04. The lowest BCUT2D eigenvalue weighted by Crippen LogP contribution is -2.48. The number of nitrogens with zero attached hydrogens (tertiary/aromatic N) is 4. The van der Waals surface area contributed by atoms with Gasteiger partial charge in [0.05, 0.1) is 12.0 Å². The average molecular weight is 380 g/mol. The lowest BCUT2D eigenvalue weighted by Gasteiger charge is -2.40. The third-order valence-electron chi connectivity index (χ3n) is 6.96. The standard InChI is InChI=1S/C22H29N5O/c1-22(9-6-16-4-2-3-5-18(16)14-22)21(28)26-11-7-17(8-12-26)20-25-24-19-15-23-10-13-27(19)20/h2-5,17,23H,6-15H2,1H3. The minimum absolute atomic E-state index is 0.263. The largest absolute Gasteiger partial charge is 0.342 e. The van der Waals surface area contributed by atoms with E-state index in [2.05, 4.69) is 56.2 Å². The number of carbonyl (C=O) groups is 1. The first-order valence-corrected chi connectivity index (χ1v) is 10.6. The second-order valence-corrected chi connectivity index (χ2v) is 8.88. The molecule has 3 heterocycles. The number of aromatic nitrogens is 3. The molecule has 2 aliphatic heterocycles. The van der Waals surface area contributed by atoms with E-state index in [0.29, 0.717) is 11.8 Å². The van der Waals surface area contributed by atoms with E-state index in [9.17, 15) is 4.79 Å². The SMILES string of the molecule is CC1(C(=O)N2CCC(c3nnc4n3CCNC4)CC2)CCc2ccccc2C1. The highest BCUT2D eigenvalue weighted by molar-refractivity contribution is 5.83. The van der Waals surface area contributed by atoms with E-state index in [-0.39, 0.29) is 5.41 Å². The summed E-state index contributed by atoms with van der Waals surface area (Å²) in [5, 5.41) is 12.2. The number of piperidine rings is 1. The highest BCUT2D eigenvalue weighted by atomic mass is 16.2. The van der Waals surface area contributed by atoms with E-state index in [1.807, 2.05) is 0 Å². The Hall–Kier alpha value is -2.21. The van der Waals surface area contributed by atoms with Crippen LogP contribution in [0.4, 0.5) is 0 Å². The fourth-order valence-corrected chi connectivity index (χ4v) is 5.21. The predicted molar refractivity (Wildman–Crippen MR) is 107 cm³/mol. The lowest BCUT2D eigenvalue weighted by atomic mass is 9.71. The quantitative estimate of drug-likeness (QED) is 0.870. The fraction of sp³-hybridized carbons (Fsp3) is 0.591. The third-order valence-corrected chi connectivity index (χ3v) is 6.96. The minimum Gasteiger partial charge on any atom is -0.342 e. The van der Waals surface area contributed by atoms with Crippen molar-refractivity contribution in [3.05, 3.63) is 47.0 Å². The molecule has 1 aliphatic carbocycles. The summed E-state index contributed by atoms with van der Waals surface area (Å²) < 4.78 is 2.29. The molecule has 1 fully saturated rings. The van der Waals surface area contributed by atoms with E-state index in [4.69, 9.17) is 0 Å². The normalized spacial score (nSPS) is 25.2. The number of hydrogen-bond acceptors (Lipinski definition) is 4. The van der Waals surface area contributed by atoms with Gasteiger partial charge in [0, 0.05) is 32.1 Å². The van der Waals surface area contributed by atoms with Crippen LogP contribution in [0.15, 0.2) is 24.3 Å². The van der Waals surface area contributed by atoms with Crippen molar-refractivity contribution >= 4 is 5.91 Å². The van der Waals surface area contributed by atoms with Crippen molar-refractivity contribution in [1.82, 2.24) is 25.0 Å². The Labute approximate surface area is 166 Å². The monoisotopic (exact) mass is 379 g/mol. The molecule has 6 heteroatoms. The number of nitrogens with one attached hydrogen (secondary N) is 1. The van der Waals surface area contributed by atoms with Gasteiger partial charge < -0.3 is 14.8 Å². The summed E-state index contributed by atoms with van der Waals surface area (Å²) in [4.78, 5) is 15.5. The van der Waals surface area contributed by atoms with Crippen molar-refractivity contribution < 1.29 is 4.79 Å². The molecule has 1 saturated heterocycles. The van der Waals surface area contributed by atoms with Crippen molar-refractivity contribution in [1.29, 1.82) is 0 Å². The molecular weight excluding hydrogens is 350 g/mol. The first-order chi connectivity index (χ1) is 13.6. The Morgan fingerprint density at radius 2 is 1.93 bits per heavy atom. The molecule has 148 valence electrons. The zero-order chi connectivity index (χ0) is 19.1. The zero-order valence-corrected chi connectivity index (χ0v) is 16.7. The van der Waals surface area contributed by atoms with Crippen molar-refractivity contribution in [3.8, 4) is 0 Å². The van der Waals surface area contributed by atoms with Gasteiger partial charge >= 0.3 is 0 Å². The minimum atomic E-state index is -0.263. The summed E-state index contributed by atoms with van der Waals surface area (Å²) >= 11 is 0. The first-order valence-electron chi connectivity index (χ1n) is 10.6. The Kier molecular flexibility index (Phi) is 4.46. The summed E-state index contributed by atoms with van der Waals surface area (Å²) in [5.74, 6) is 2.94. The number of aryl methyl sites for hydroxylation is 1. The molecule has 3 aliphatic rings. The zero-order valence-electron chi connectivity index (χ0n) is 16.7. The molecule has 5 rings (SSSR count). The van der Waals surface area contributed by atoms with Crippen LogP contribution in [0, 0.1) is 5.41 Å². The predicted octanol–water partition coefficient (Wildman–Crippen LogP) is 2.28. The molecule has 2 aromatic rings. The Balaban J connectivity index is 1.26. The van der Waals surface area contributed by atoms with Crippen LogP contribution in [0.1, 0.15) is 54.9 Å². The van der Waals surface area contributed by atoms with Gasteiger partial charge in [-0.05, 0) is 43.2 Å². The summed E-state index contributed by atoms with van der Waals surface area (Å²) in [5.41, 5.74) is 2.50. The van der Waals surface area contributed by atoms with Gasteiger partial charge in [-0.3, -0.25) is 4.79 Å². The van der Waals surface area contributed by atoms with Gasteiger partial charge in [0.15, 0.2) is 0 Å². The maximum atomic E-state index is 13.4. The maximum Gasteiger partial charge on any atom is 0.228 e. The molecule has 28 heavy (non-hydrogen) atoms. The van der Waals surface area contributed by atoms with Crippen LogP contribution in [0.2, 0.25) is 0 Å². The number of rotatable bonds is 2. The van der Waals surface area contributed by atoms with Gasteiger partial charge in [0.1, 0.15) is 11.6 Å². The molecule has 6 nitrogen and oxygen atoms in total. The van der Waals surface area contributed by atoms with E-state index >= 15 is 0 Å². The van der Waals surface area contributed by atoms with Gasteiger partial charge in [0.25, 0.3) is 0 Å². The van der Waals surface area contributed by atoms with Crippen LogP contribution >= 0.6 is 0 Å². The number of carbonyl (C=O) groups excluding carboxylic acids is 1. The van der Waals surface area contributed by atoms with E-state index in [1.165, 1.54) is 11.1 Å². The topological polar surface area (TPSA) is 63.1 Å². The Bertz CT molecular complexity index is 883. The lowest BCUT2D eigenvalue weighted by molar-refractivity contribution is -0.143. The molecule has 0 radical (unpaired) electrons. The number of amides is 1. The molecule has 1 atom stereocenters. The van der Waals surface area contributed by atoms with Gasteiger partial charge in [-0.2, -0.15) is 0 Å². The smallest absolute Gasteiger partial charge is 0.228 e. The van der Waals surface area contributed by atoms with Gasteiger partial charge in [0.2, 0.25) is 5.91 Å². The van der Waals surface area contributed by atoms with Crippen LogP contribution < -0.4 is 5.32 Å². The van der Waals surface area contributed by atoms with Crippen molar-refractivity contribution in [2.75, 3.05) is 19.6 Å². The van der Waals surface area contributed by atoms with E-state index in [1.54, 1.807) is 0 Å².